The van der Waals surface area contributed by atoms with Gasteiger partial charge >= 0.3 is 0 Å². The summed E-state index contributed by atoms with van der Waals surface area (Å²) in [4.78, 5) is 14.2. The molecule has 3 nitrogen and oxygen atoms in total. The van der Waals surface area contributed by atoms with Gasteiger partial charge in [-0.25, -0.2) is 0 Å². The third kappa shape index (κ3) is 2.44. The lowest BCUT2D eigenvalue weighted by molar-refractivity contribution is 0.0935. The van der Waals surface area contributed by atoms with Crippen molar-refractivity contribution in [2.75, 3.05) is 5.32 Å². The number of carbonyl (C=O) groups is 1. The minimum Gasteiger partial charge on any atom is -0.353 e. The number of thiophene rings is 1. The third-order valence-electron chi connectivity index (χ3n) is 5.40. The molecule has 0 saturated heterocycles. The molecule has 4 heteroatoms. The van der Waals surface area contributed by atoms with E-state index in [2.05, 4.69) is 47.9 Å². The van der Waals surface area contributed by atoms with Crippen LogP contribution in [-0.2, 0) is 12.8 Å². The minimum atomic E-state index is -0.165. The van der Waals surface area contributed by atoms with Crippen LogP contribution in [-0.4, -0.2) is 5.91 Å². The van der Waals surface area contributed by atoms with Gasteiger partial charge in [0.05, 0.1) is 5.56 Å². The first-order chi connectivity index (χ1) is 12.2. The SMILES string of the molecule is C[C@H]1CCc2c(sc3c2C(=O)N[C@@H](c2ccc4ccccc4c2)N3)C1. The largest absolute Gasteiger partial charge is 0.353 e. The fourth-order valence-electron chi connectivity index (χ4n) is 4.02. The number of benzene rings is 2. The van der Waals surface area contributed by atoms with Crippen molar-refractivity contribution in [2.24, 2.45) is 5.92 Å². The first kappa shape index (κ1) is 15.0. The Bertz CT molecular complexity index is 991. The summed E-state index contributed by atoms with van der Waals surface area (Å²) in [5.41, 5.74) is 3.27. The van der Waals surface area contributed by atoms with Gasteiger partial charge in [0.15, 0.2) is 0 Å². The second-order valence-electron chi connectivity index (χ2n) is 7.21. The Morgan fingerprint density at radius 2 is 1.92 bits per heavy atom. The molecule has 0 spiro atoms. The van der Waals surface area contributed by atoms with Gasteiger partial charge in [0, 0.05) is 4.88 Å². The zero-order valence-corrected chi connectivity index (χ0v) is 15.0. The van der Waals surface area contributed by atoms with E-state index in [0.29, 0.717) is 5.92 Å². The molecular formula is C21H20N2OS. The number of rotatable bonds is 1. The van der Waals surface area contributed by atoms with E-state index in [-0.39, 0.29) is 12.1 Å². The van der Waals surface area contributed by atoms with Crippen LogP contribution in [0.5, 0.6) is 0 Å². The average molecular weight is 348 g/mol. The van der Waals surface area contributed by atoms with Crippen molar-refractivity contribution in [3.63, 3.8) is 0 Å². The van der Waals surface area contributed by atoms with Gasteiger partial charge in [-0.2, -0.15) is 0 Å². The standard InChI is InChI=1S/C21H20N2OS/c1-12-6-9-16-17(10-12)25-21-18(16)20(24)22-19(23-21)15-8-7-13-4-2-3-5-14(13)11-15/h2-5,7-8,11-12,19,23H,6,9-10H2,1H3,(H,22,24)/t12-,19+/m0/s1. The molecule has 1 aliphatic carbocycles. The number of hydrogen-bond acceptors (Lipinski definition) is 3. The maximum Gasteiger partial charge on any atom is 0.256 e. The summed E-state index contributed by atoms with van der Waals surface area (Å²) in [6, 6.07) is 14.7. The van der Waals surface area contributed by atoms with E-state index in [4.69, 9.17) is 0 Å². The van der Waals surface area contributed by atoms with Gasteiger partial charge in [0.2, 0.25) is 0 Å². The molecule has 0 saturated carbocycles. The zero-order valence-electron chi connectivity index (χ0n) is 14.1. The Hall–Kier alpha value is -2.33. The average Bonchev–Trinajstić information content (AvgIpc) is 2.99. The molecule has 2 N–H and O–H groups in total. The molecular weight excluding hydrogens is 328 g/mol. The Morgan fingerprint density at radius 3 is 2.80 bits per heavy atom. The molecule has 0 radical (unpaired) electrons. The van der Waals surface area contributed by atoms with E-state index in [1.807, 2.05) is 12.1 Å². The molecule has 2 atom stereocenters. The van der Waals surface area contributed by atoms with Gasteiger partial charge in [-0.1, -0.05) is 43.3 Å². The van der Waals surface area contributed by atoms with Crippen LogP contribution in [0.3, 0.4) is 0 Å². The lowest BCUT2D eigenvalue weighted by atomic mass is 9.88. The number of carbonyl (C=O) groups excluding carboxylic acids is 1. The molecule has 1 aliphatic heterocycles. The van der Waals surface area contributed by atoms with E-state index in [1.54, 1.807) is 11.3 Å². The predicted octanol–water partition coefficient (Wildman–Crippen LogP) is 4.88. The predicted molar refractivity (Wildman–Crippen MR) is 103 cm³/mol. The molecule has 0 bridgehead atoms. The number of amides is 1. The van der Waals surface area contributed by atoms with Crippen LogP contribution < -0.4 is 10.6 Å². The maximum absolute atomic E-state index is 12.8. The Labute approximate surface area is 151 Å². The van der Waals surface area contributed by atoms with Crippen LogP contribution in [0.4, 0.5) is 5.00 Å². The highest BCUT2D eigenvalue weighted by Gasteiger charge is 2.33. The normalized spacial score (nSPS) is 22.0. The van der Waals surface area contributed by atoms with Gasteiger partial charge in [-0.15, -0.1) is 11.3 Å². The van der Waals surface area contributed by atoms with E-state index in [9.17, 15) is 4.79 Å². The van der Waals surface area contributed by atoms with Gasteiger partial charge < -0.3 is 10.6 Å². The second-order valence-corrected chi connectivity index (χ2v) is 8.32. The fourth-order valence-corrected chi connectivity index (χ4v) is 5.45. The Morgan fingerprint density at radius 1 is 1.08 bits per heavy atom. The number of anilines is 1. The number of hydrogen-bond donors (Lipinski definition) is 2. The Balaban J connectivity index is 1.52. The summed E-state index contributed by atoms with van der Waals surface area (Å²) in [6.07, 6.45) is 3.14. The second kappa shape index (κ2) is 5.60. The van der Waals surface area contributed by atoms with Gasteiger partial charge in [-0.05, 0) is 53.1 Å². The first-order valence-electron chi connectivity index (χ1n) is 8.89. The first-order valence-corrected chi connectivity index (χ1v) is 9.71. The molecule has 25 heavy (non-hydrogen) atoms. The van der Waals surface area contributed by atoms with Gasteiger partial charge in [0.1, 0.15) is 11.2 Å². The monoisotopic (exact) mass is 348 g/mol. The smallest absolute Gasteiger partial charge is 0.256 e. The van der Waals surface area contributed by atoms with E-state index in [1.165, 1.54) is 27.6 Å². The summed E-state index contributed by atoms with van der Waals surface area (Å²) in [5.74, 6) is 0.783. The number of nitrogens with one attached hydrogen (secondary N) is 2. The maximum atomic E-state index is 12.8. The summed E-state index contributed by atoms with van der Waals surface area (Å²) in [7, 11) is 0. The number of fused-ring (bicyclic) bond motifs is 4. The highest BCUT2D eigenvalue weighted by atomic mass is 32.1. The molecule has 0 fully saturated rings. The highest BCUT2D eigenvalue weighted by molar-refractivity contribution is 7.16. The lowest BCUT2D eigenvalue weighted by Gasteiger charge is -2.27. The minimum absolute atomic E-state index is 0.0685. The van der Waals surface area contributed by atoms with Crippen molar-refractivity contribution in [3.05, 3.63) is 64.0 Å². The lowest BCUT2D eigenvalue weighted by Crippen LogP contribution is -2.38. The van der Waals surface area contributed by atoms with Crippen LogP contribution >= 0.6 is 11.3 Å². The van der Waals surface area contributed by atoms with Crippen LogP contribution in [0.2, 0.25) is 0 Å². The third-order valence-corrected chi connectivity index (χ3v) is 6.58. The molecule has 0 unspecified atom stereocenters. The van der Waals surface area contributed by atoms with Crippen LogP contribution in [0.15, 0.2) is 42.5 Å². The fraction of sp³-hybridized carbons (Fsp3) is 0.286. The molecule has 2 aromatic carbocycles. The topological polar surface area (TPSA) is 41.1 Å². The molecule has 5 rings (SSSR count). The van der Waals surface area contributed by atoms with E-state index < -0.39 is 0 Å². The summed E-state index contributed by atoms with van der Waals surface area (Å²) < 4.78 is 0. The van der Waals surface area contributed by atoms with Crippen molar-refractivity contribution in [2.45, 2.75) is 32.4 Å². The Kier molecular flexibility index (Phi) is 3.35. The van der Waals surface area contributed by atoms with Crippen molar-refractivity contribution in [1.29, 1.82) is 0 Å². The molecule has 1 aromatic heterocycles. The summed E-state index contributed by atoms with van der Waals surface area (Å²) in [6.45, 7) is 2.30. The van der Waals surface area contributed by atoms with Gasteiger partial charge in [-0.3, -0.25) is 4.79 Å². The van der Waals surface area contributed by atoms with Gasteiger partial charge in [0.25, 0.3) is 5.91 Å². The summed E-state index contributed by atoms with van der Waals surface area (Å²) >= 11 is 1.78. The molecule has 3 aromatic rings. The van der Waals surface area contributed by atoms with Crippen LogP contribution in [0, 0.1) is 5.92 Å². The van der Waals surface area contributed by atoms with Crippen molar-refractivity contribution >= 4 is 33.0 Å². The van der Waals surface area contributed by atoms with Crippen LogP contribution in [0.25, 0.3) is 10.8 Å². The molecule has 2 heterocycles. The molecule has 1 amide bonds. The van der Waals surface area contributed by atoms with Crippen molar-refractivity contribution in [3.8, 4) is 0 Å². The van der Waals surface area contributed by atoms with Crippen LogP contribution in [0.1, 0.15) is 45.9 Å². The highest BCUT2D eigenvalue weighted by Crippen LogP contribution is 2.42. The van der Waals surface area contributed by atoms with E-state index >= 15 is 0 Å². The summed E-state index contributed by atoms with van der Waals surface area (Å²) in [5, 5.41) is 10.2. The van der Waals surface area contributed by atoms with Crippen molar-refractivity contribution < 1.29 is 4.79 Å². The quantitative estimate of drug-likeness (QED) is 0.658. The molecule has 126 valence electrons. The van der Waals surface area contributed by atoms with Crippen molar-refractivity contribution in [1.82, 2.24) is 5.32 Å². The zero-order chi connectivity index (χ0) is 17.0. The van der Waals surface area contributed by atoms with E-state index in [0.717, 1.165) is 29.0 Å². The molecule has 2 aliphatic rings.